The van der Waals surface area contributed by atoms with E-state index in [4.69, 9.17) is 5.73 Å². The Morgan fingerprint density at radius 3 is 2.45 bits per heavy atom. The van der Waals surface area contributed by atoms with Crippen molar-refractivity contribution in [3.8, 4) is 0 Å². The van der Waals surface area contributed by atoms with Crippen LogP contribution in [0.15, 0.2) is 0 Å². The molecule has 0 aromatic carbocycles. The molecule has 0 aliphatic heterocycles. The van der Waals surface area contributed by atoms with Gasteiger partial charge < -0.3 is 5.73 Å². The molecule has 0 aromatic heterocycles. The standard InChI is InChI=1S/C7H13NO2S/c1-5(6(9)4-11)2-3-7(8)10/h5,11H,2-4H2,1H3,(H2,8,10). The van der Waals surface area contributed by atoms with E-state index in [1.807, 2.05) is 0 Å². The van der Waals surface area contributed by atoms with Gasteiger partial charge in [-0.3, -0.25) is 9.59 Å². The highest BCUT2D eigenvalue weighted by molar-refractivity contribution is 7.81. The van der Waals surface area contributed by atoms with Crippen LogP contribution >= 0.6 is 12.6 Å². The molecule has 0 radical (unpaired) electrons. The zero-order valence-corrected chi connectivity index (χ0v) is 7.43. The SMILES string of the molecule is CC(CCC(N)=O)C(=O)CS. The quantitative estimate of drug-likeness (QED) is 0.594. The molecule has 64 valence electrons. The van der Waals surface area contributed by atoms with Gasteiger partial charge in [-0.1, -0.05) is 6.92 Å². The van der Waals surface area contributed by atoms with E-state index < -0.39 is 0 Å². The van der Waals surface area contributed by atoms with Crippen LogP contribution < -0.4 is 5.73 Å². The molecule has 0 saturated carbocycles. The zero-order valence-electron chi connectivity index (χ0n) is 6.54. The highest BCUT2D eigenvalue weighted by Gasteiger charge is 2.11. The van der Waals surface area contributed by atoms with Gasteiger partial charge in [-0.15, -0.1) is 0 Å². The van der Waals surface area contributed by atoms with Crippen molar-refractivity contribution in [3.05, 3.63) is 0 Å². The molecular weight excluding hydrogens is 162 g/mol. The number of amides is 1. The molecular formula is C7H13NO2S. The van der Waals surface area contributed by atoms with Crippen LogP contribution in [0.5, 0.6) is 0 Å². The lowest BCUT2D eigenvalue weighted by atomic mass is 10.0. The first-order valence-corrected chi connectivity index (χ1v) is 4.13. The van der Waals surface area contributed by atoms with Gasteiger partial charge in [-0.2, -0.15) is 12.6 Å². The third-order valence-electron chi connectivity index (χ3n) is 1.53. The molecule has 0 spiro atoms. The maximum absolute atomic E-state index is 10.9. The van der Waals surface area contributed by atoms with Crippen LogP contribution in [0.3, 0.4) is 0 Å². The number of carbonyl (C=O) groups is 2. The van der Waals surface area contributed by atoms with E-state index >= 15 is 0 Å². The highest BCUT2D eigenvalue weighted by atomic mass is 32.1. The molecule has 11 heavy (non-hydrogen) atoms. The number of ketones is 1. The second kappa shape index (κ2) is 5.18. The number of rotatable bonds is 5. The molecule has 0 fully saturated rings. The molecule has 1 unspecified atom stereocenters. The Morgan fingerprint density at radius 2 is 2.09 bits per heavy atom. The number of thiol groups is 1. The summed E-state index contributed by atoms with van der Waals surface area (Å²) in [7, 11) is 0. The third kappa shape index (κ3) is 4.84. The minimum Gasteiger partial charge on any atom is -0.370 e. The molecule has 0 aliphatic rings. The maximum Gasteiger partial charge on any atom is 0.217 e. The number of Topliss-reactive ketones (excluding diaryl/α,β-unsaturated/α-hetero) is 1. The summed E-state index contributed by atoms with van der Waals surface area (Å²) in [6, 6.07) is 0. The van der Waals surface area contributed by atoms with E-state index in [1.54, 1.807) is 6.92 Å². The van der Waals surface area contributed by atoms with Gasteiger partial charge in [0.25, 0.3) is 0 Å². The predicted octanol–water partition coefficient (Wildman–Crippen LogP) is 0.387. The lowest BCUT2D eigenvalue weighted by Crippen LogP contribution is -2.17. The number of hydrogen-bond donors (Lipinski definition) is 2. The van der Waals surface area contributed by atoms with Gasteiger partial charge >= 0.3 is 0 Å². The van der Waals surface area contributed by atoms with Crippen LogP contribution in [0, 0.1) is 5.92 Å². The molecule has 1 amide bonds. The van der Waals surface area contributed by atoms with Gasteiger partial charge in [0.15, 0.2) is 0 Å². The van der Waals surface area contributed by atoms with Crippen molar-refractivity contribution in [1.29, 1.82) is 0 Å². The fraction of sp³-hybridized carbons (Fsp3) is 0.714. The summed E-state index contributed by atoms with van der Waals surface area (Å²) in [4.78, 5) is 21.2. The Kier molecular flexibility index (Phi) is 4.94. The largest absolute Gasteiger partial charge is 0.370 e. The highest BCUT2D eigenvalue weighted by Crippen LogP contribution is 2.06. The van der Waals surface area contributed by atoms with Gasteiger partial charge in [-0.05, 0) is 6.42 Å². The van der Waals surface area contributed by atoms with Gasteiger partial charge in [0.1, 0.15) is 5.78 Å². The molecule has 0 aliphatic carbocycles. The van der Waals surface area contributed by atoms with Crippen molar-refractivity contribution in [1.82, 2.24) is 0 Å². The van der Waals surface area contributed by atoms with Crippen LogP contribution in [0.25, 0.3) is 0 Å². The summed E-state index contributed by atoms with van der Waals surface area (Å²) in [5.41, 5.74) is 4.91. The summed E-state index contributed by atoms with van der Waals surface area (Å²) in [5.74, 6) is -0.154. The monoisotopic (exact) mass is 175 g/mol. The topological polar surface area (TPSA) is 60.2 Å². The number of hydrogen-bond acceptors (Lipinski definition) is 3. The normalized spacial score (nSPS) is 12.5. The summed E-state index contributed by atoms with van der Waals surface area (Å²) in [6.45, 7) is 1.78. The van der Waals surface area contributed by atoms with Crippen molar-refractivity contribution in [3.63, 3.8) is 0 Å². The predicted molar refractivity (Wildman–Crippen MR) is 46.5 cm³/mol. The van der Waals surface area contributed by atoms with E-state index in [0.29, 0.717) is 6.42 Å². The van der Waals surface area contributed by atoms with Crippen molar-refractivity contribution < 1.29 is 9.59 Å². The molecule has 3 nitrogen and oxygen atoms in total. The molecule has 0 aromatic rings. The Morgan fingerprint density at radius 1 is 1.55 bits per heavy atom. The molecule has 1 atom stereocenters. The molecule has 0 saturated heterocycles. The van der Waals surface area contributed by atoms with E-state index in [1.165, 1.54) is 0 Å². The lowest BCUT2D eigenvalue weighted by Gasteiger charge is -2.05. The van der Waals surface area contributed by atoms with Crippen LogP contribution in [0.4, 0.5) is 0 Å². The second-order valence-electron chi connectivity index (χ2n) is 2.53. The van der Waals surface area contributed by atoms with Gasteiger partial charge in [0, 0.05) is 18.1 Å². The van der Waals surface area contributed by atoms with Crippen molar-refractivity contribution in [2.75, 3.05) is 5.75 Å². The van der Waals surface area contributed by atoms with E-state index in [-0.39, 0.29) is 29.8 Å². The number of nitrogens with two attached hydrogens (primary N) is 1. The summed E-state index contributed by atoms with van der Waals surface area (Å²) in [6.07, 6.45) is 0.815. The fourth-order valence-electron chi connectivity index (χ4n) is 0.676. The van der Waals surface area contributed by atoms with E-state index in [9.17, 15) is 9.59 Å². The smallest absolute Gasteiger partial charge is 0.217 e. The first-order chi connectivity index (χ1) is 5.07. The second-order valence-corrected chi connectivity index (χ2v) is 2.85. The average molecular weight is 175 g/mol. The summed E-state index contributed by atoms with van der Waals surface area (Å²) < 4.78 is 0. The van der Waals surface area contributed by atoms with Gasteiger partial charge in [0.2, 0.25) is 5.91 Å². The van der Waals surface area contributed by atoms with Crippen LogP contribution in [0.1, 0.15) is 19.8 Å². The minimum atomic E-state index is -0.358. The maximum atomic E-state index is 10.9. The Balaban J connectivity index is 3.60. The number of primary amides is 1. The molecule has 2 N–H and O–H groups in total. The fourth-order valence-corrected chi connectivity index (χ4v) is 0.987. The minimum absolute atomic E-state index is 0.0644. The molecule has 0 bridgehead atoms. The first kappa shape index (κ1) is 10.5. The van der Waals surface area contributed by atoms with Gasteiger partial charge in [-0.25, -0.2) is 0 Å². The Labute approximate surface area is 71.7 Å². The molecule has 0 rings (SSSR count). The van der Waals surface area contributed by atoms with Gasteiger partial charge in [0.05, 0.1) is 0 Å². The van der Waals surface area contributed by atoms with E-state index in [0.717, 1.165) is 0 Å². The Bertz CT molecular complexity index is 159. The van der Waals surface area contributed by atoms with Crippen molar-refractivity contribution >= 4 is 24.3 Å². The number of carbonyl (C=O) groups excluding carboxylic acids is 2. The zero-order chi connectivity index (χ0) is 8.85. The summed E-state index contributed by atoms with van der Waals surface area (Å²) in [5, 5.41) is 0. The molecule has 4 heteroatoms. The van der Waals surface area contributed by atoms with Crippen molar-refractivity contribution in [2.45, 2.75) is 19.8 Å². The lowest BCUT2D eigenvalue weighted by molar-refractivity contribution is -0.121. The summed E-state index contributed by atoms with van der Waals surface area (Å²) >= 11 is 3.83. The Hall–Kier alpha value is -0.510. The first-order valence-electron chi connectivity index (χ1n) is 3.49. The third-order valence-corrected chi connectivity index (χ3v) is 1.84. The van der Waals surface area contributed by atoms with Crippen LogP contribution in [-0.2, 0) is 9.59 Å². The van der Waals surface area contributed by atoms with Crippen LogP contribution in [-0.4, -0.2) is 17.4 Å². The van der Waals surface area contributed by atoms with E-state index in [2.05, 4.69) is 12.6 Å². The van der Waals surface area contributed by atoms with Crippen molar-refractivity contribution in [2.24, 2.45) is 11.7 Å². The van der Waals surface area contributed by atoms with Crippen LogP contribution in [0.2, 0.25) is 0 Å². The molecule has 0 heterocycles. The average Bonchev–Trinajstić information content (AvgIpc) is 1.98.